The van der Waals surface area contributed by atoms with Gasteiger partial charge < -0.3 is 29.6 Å². The smallest absolute Gasteiger partial charge is 1.00 e. The first kappa shape index (κ1) is 28.9. The van der Waals surface area contributed by atoms with Gasteiger partial charge in [0.2, 0.25) is 0 Å². The Kier molecular flexibility index (Phi) is 15.7. The number of hydrogen-bond acceptors (Lipinski definition) is 1. The van der Waals surface area contributed by atoms with E-state index in [-0.39, 0.29) is 51.0 Å². The van der Waals surface area contributed by atoms with Crippen molar-refractivity contribution >= 4 is 19.8 Å². The minimum absolute atomic E-state index is 0. The molecule has 5 heteroatoms. The number of benzene rings is 2. The van der Waals surface area contributed by atoms with Crippen molar-refractivity contribution < 1.29 is 55.8 Å². The molecule has 0 aliphatic carbocycles. The van der Waals surface area contributed by atoms with Crippen molar-refractivity contribution in [2.24, 2.45) is 0 Å². The molecule has 27 heavy (non-hydrogen) atoms. The molecule has 0 unspecified atom stereocenters. The number of halogens is 2. The van der Waals surface area contributed by atoms with Gasteiger partial charge in [-0.2, -0.15) is 6.07 Å². The van der Waals surface area contributed by atoms with Crippen LogP contribution in [0.2, 0.25) is 13.1 Å². The summed E-state index contributed by atoms with van der Waals surface area (Å²) in [5, 5.41) is 2.71. The second-order valence-electron chi connectivity index (χ2n) is 6.59. The summed E-state index contributed by atoms with van der Waals surface area (Å²) in [5.41, 5.74) is 5.45. The Hall–Kier alpha value is -0.310. The third kappa shape index (κ3) is 9.15. The van der Waals surface area contributed by atoms with Gasteiger partial charge >= 0.3 is 26.2 Å². The fourth-order valence-corrected chi connectivity index (χ4v) is 2.87. The molecular weight excluding hydrogens is 470 g/mol. The normalized spacial score (nSPS) is 9.56. The van der Waals surface area contributed by atoms with E-state index >= 15 is 0 Å². The molecule has 0 heterocycles. The van der Waals surface area contributed by atoms with Crippen molar-refractivity contribution in [3.8, 4) is 11.1 Å². The van der Waals surface area contributed by atoms with Gasteiger partial charge in [0.15, 0.2) is 9.04 Å². The molecule has 1 N–H and O–H groups in total. The molecular formula is C22H28Cl2OSiZr. The van der Waals surface area contributed by atoms with Crippen LogP contribution in [0.3, 0.4) is 0 Å². The van der Waals surface area contributed by atoms with Crippen LogP contribution < -0.4 is 24.8 Å². The van der Waals surface area contributed by atoms with E-state index < -0.39 is 9.04 Å². The predicted molar refractivity (Wildman–Crippen MR) is 108 cm³/mol. The topological polar surface area (TPSA) is 20.2 Å². The molecule has 2 radical (unpaired) electrons. The molecule has 0 fully saturated rings. The van der Waals surface area contributed by atoms with E-state index in [0.29, 0.717) is 0 Å². The van der Waals surface area contributed by atoms with Crippen LogP contribution in [0, 0.1) is 6.92 Å². The van der Waals surface area contributed by atoms with Crippen molar-refractivity contribution in [2.45, 2.75) is 46.2 Å². The van der Waals surface area contributed by atoms with E-state index in [9.17, 15) is 0 Å². The average molecular weight is 499 g/mol. The number of unbranched alkanes of at least 4 members (excludes halogenated alkanes) is 1. The molecule has 144 valence electrons. The molecule has 0 aliphatic rings. The zero-order chi connectivity index (χ0) is 17.5. The summed E-state index contributed by atoms with van der Waals surface area (Å²) in [7, 11) is -0.880. The van der Waals surface area contributed by atoms with Gasteiger partial charge in [0, 0.05) is 0 Å². The molecule has 3 rings (SSSR count). The quantitative estimate of drug-likeness (QED) is 0.400. The van der Waals surface area contributed by atoms with Crippen LogP contribution in [-0.4, -0.2) is 13.8 Å². The van der Waals surface area contributed by atoms with Crippen LogP contribution in [0.15, 0.2) is 54.6 Å². The molecule has 0 spiro atoms. The summed E-state index contributed by atoms with van der Waals surface area (Å²) in [6.45, 7) is 8.06. The molecule has 0 aromatic heterocycles. The van der Waals surface area contributed by atoms with Gasteiger partial charge in [0.05, 0.1) is 0 Å². The Morgan fingerprint density at radius 2 is 1.59 bits per heavy atom. The van der Waals surface area contributed by atoms with Gasteiger partial charge in [-0.25, -0.2) is 0 Å². The largest absolute Gasteiger partial charge is 3.00 e. The van der Waals surface area contributed by atoms with E-state index in [1.807, 2.05) is 13.1 Å². The molecule has 0 amide bonds. The summed E-state index contributed by atoms with van der Waals surface area (Å²) in [6.07, 6.45) is 3.72. The Morgan fingerprint density at radius 1 is 1.00 bits per heavy atom. The summed E-state index contributed by atoms with van der Waals surface area (Å²) < 4.78 is 0. The fourth-order valence-electron chi connectivity index (χ4n) is 2.87. The summed E-state index contributed by atoms with van der Waals surface area (Å²) in [6, 6.07) is 20.2. The minimum atomic E-state index is -0.880. The van der Waals surface area contributed by atoms with Crippen molar-refractivity contribution in [1.29, 1.82) is 0 Å². The second-order valence-corrected chi connectivity index (χ2v) is 8.48. The van der Waals surface area contributed by atoms with Gasteiger partial charge in [-0.05, 0) is 37.1 Å². The predicted octanol–water partition coefficient (Wildman–Crippen LogP) is 0.112. The van der Waals surface area contributed by atoms with Crippen molar-refractivity contribution in [3.63, 3.8) is 0 Å². The molecule has 0 atom stereocenters. The van der Waals surface area contributed by atoms with Crippen molar-refractivity contribution in [1.82, 2.24) is 0 Å². The molecule has 3 aromatic rings. The van der Waals surface area contributed by atoms with Crippen molar-refractivity contribution in [3.05, 3.63) is 65.7 Å². The first-order valence-electron chi connectivity index (χ1n) is 8.75. The second kappa shape index (κ2) is 14.7. The monoisotopic (exact) mass is 496 g/mol. The number of aryl methyl sites for hydroxylation is 2. The minimum Gasteiger partial charge on any atom is -1.00 e. The van der Waals surface area contributed by atoms with Gasteiger partial charge in [-0.3, -0.25) is 0 Å². The third-order valence-electron chi connectivity index (χ3n) is 3.98. The molecule has 0 saturated carbocycles. The van der Waals surface area contributed by atoms with E-state index in [4.69, 9.17) is 4.80 Å². The molecule has 3 aromatic carbocycles. The standard InChI is InChI=1S/C20H21.C2H7OSi.2ClH.Zr/c1-3-4-6-16-9-11-17(12-10-16)19-8-5-7-18-13-15(2)14-20(18)19;1-4(2)3;;;/h5,7-14H,3-4,6H2,1-2H3;3H,1-2H3;2*1H;/q-1;;;;+3/p-2. The van der Waals surface area contributed by atoms with Crippen LogP contribution in [0.25, 0.3) is 21.9 Å². The zero-order valence-electron chi connectivity index (χ0n) is 16.5. The first-order chi connectivity index (χ1) is 11.5. The molecule has 1 nitrogen and oxygen atoms in total. The maximum absolute atomic E-state index is 8.16. The van der Waals surface area contributed by atoms with Gasteiger partial charge in [-0.15, -0.1) is 34.5 Å². The van der Waals surface area contributed by atoms with Gasteiger partial charge in [0.1, 0.15) is 0 Å². The van der Waals surface area contributed by atoms with E-state index in [1.54, 1.807) is 0 Å². The zero-order valence-corrected chi connectivity index (χ0v) is 21.5. The number of rotatable bonds is 4. The Bertz CT molecular complexity index is 767. The van der Waals surface area contributed by atoms with Crippen molar-refractivity contribution in [2.75, 3.05) is 0 Å². The van der Waals surface area contributed by atoms with Crippen LogP contribution in [0.1, 0.15) is 30.9 Å². The van der Waals surface area contributed by atoms with E-state index in [0.717, 1.165) is 0 Å². The van der Waals surface area contributed by atoms with Crippen LogP contribution in [0.4, 0.5) is 0 Å². The van der Waals surface area contributed by atoms with E-state index in [1.165, 1.54) is 52.3 Å². The Morgan fingerprint density at radius 3 is 2.15 bits per heavy atom. The summed E-state index contributed by atoms with van der Waals surface area (Å²) in [4.78, 5) is 8.16. The van der Waals surface area contributed by atoms with Crippen LogP contribution in [0.5, 0.6) is 0 Å². The molecule has 0 saturated heterocycles. The number of hydrogen-bond donors (Lipinski definition) is 1. The Labute approximate surface area is 197 Å². The fraction of sp³-hybridized carbons (Fsp3) is 0.318. The van der Waals surface area contributed by atoms with E-state index in [2.05, 4.69) is 68.4 Å². The summed E-state index contributed by atoms with van der Waals surface area (Å²) in [5.74, 6) is 0. The maximum atomic E-state index is 8.16. The van der Waals surface area contributed by atoms with Gasteiger partial charge in [-0.1, -0.05) is 56.2 Å². The first-order valence-corrected chi connectivity index (χ1v) is 11.2. The molecule has 0 bridgehead atoms. The van der Waals surface area contributed by atoms with Gasteiger partial charge in [0.25, 0.3) is 0 Å². The summed E-state index contributed by atoms with van der Waals surface area (Å²) >= 11 is 0. The SMILES string of the molecule is CCCCc1ccc(-c2cccc3[cH-]c(C)cc23)cc1.C[Si](C)O.[Cl-].[Cl-].[Zr+3]. The Balaban J connectivity index is 0. The number of fused-ring (bicyclic) bond motifs is 1. The van der Waals surface area contributed by atoms with Crippen LogP contribution in [-0.2, 0) is 32.6 Å². The third-order valence-corrected chi connectivity index (χ3v) is 3.98. The average Bonchev–Trinajstić information content (AvgIpc) is 2.93. The maximum Gasteiger partial charge on any atom is 3.00 e. The molecule has 0 aliphatic heterocycles. The van der Waals surface area contributed by atoms with Crippen LogP contribution >= 0.6 is 0 Å².